The number of nitrogens with zero attached hydrogens (tertiary/aromatic N) is 2. The van der Waals surface area contributed by atoms with E-state index < -0.39 is 6.10 Å². The Morgan fingerprint density at radius 2 is 1.69 bits per heavy atom. The first kappa shape index (κ1) is 17.6. The lowest BCUT2D eigenvalue weighted by Gasteiger charge is -2.14. The Morgan fingerprint density at radius 3 is 2.27 bits per heavy atom. The normalized spacial score (nSPS) is 15.7. The number of hydrogen-bond donors (Lipinski definition) is 2. The maximum absolute atomic E-state index is 10.7. The van der Waals surface area contributed by atoms with E-state index in [1.54, 1.807) is 6.08 Å². The summed E-state index contributed by atoms with van der Waals surface area (Å²) in [5.74, 6) is 0. The van der Waals surface area contributed by atoms with Crippen LogP contribution in [0.15, 0.2) is 57.5 Å². The van der Waals surface area contributed by atoms with E-state index in [1.165, 1.54) is 0 Å². The van der Waals surface area contributed by atoms with Gasteiger partial charge in [0.15, 0.2) is 19.3 Å². The minimum Gasteiger partial charge on any atom is -0.385 e. The summed E-state index contributed by atoms with van der Waals surface area (Å²) in [5, 5.41) is 20.8. The molecule has 1 unspecified atom stereocenters. The number of benzene rings is 2. The van der Waals surface area contributed by atoms with Gasteiger partial charge in [-0.3, -0.25) is 5.41 Å². The number of aliphatic hydroxyl groups excluding tert-OH is 1. The van der Waals surface area contributed by atoms with Gasteiger partial charge < -0.3 is 9.67 Å². The van der Waals surface area contributed by atoms with E-state index in [9.17, 15) is 5.11 Å². The molecule has 2 heterocycles. The zero-order valence-corrected chi connectivity index (χ0v) is 17.2. The van der Waals surface area contributed by atoms with Gasteiger partial charge in [-0.2, -0.15) is 0 Å². The number of rotatable bonds is 4. The van der Waals surface area contributed by atoms with Gasteiger partial charge in [-0.25, -0.2) is 4.58 Å². The Balaban J connectivity index is 1.72. The number of nitrogens with one attached hydrogen (secondary N) is 1. The first-order valence-electron chi connectivity index (χ1n) is 8.39. The number of β-amino-alcohol motifs (C(OH)–C–C–N with tert-alkyl or cyclic N) is 1. The van der Waals surface area contributed by atoms with Crippen molar-refractivity contribution >= 4 is 65.6 Å². The molecule has 26 heavy (non-hydrogen) atoms. The Hall–Kier alpha value is -1.76. The molecule has 2 aromatic carbocycles. The minimum absolute atomic E-state index is 0.501. The van der Waals surface area contributed by atoms with Crippen molar-refractivity contribution in [3.05, 3.63) is 57.5 Å². The highest BCUT2D eigenvalue weighted by Gasteiger charge is 2.19. The second-order valence-corrected chi connectivity index (χ2v) is 8.38. The van der Waals surface area contributed by atoms with Gasteiger partial charge in [-0.15, -0.1) is 0 Å². The van der Waals surface area contributed by atoms with Crippen LogP contribution in [0.1, 0.15) is 0 Å². The van der Waals surface area contributed by atoms with Gasteiger partial charge in [0.25, 0.3) is 0 Å². The lowest BCUT2D eigenvalue weighted by molar-refractivity contribution is -0.518. The van der Waals surface area contributed by atoms with E-state index in [-0.39, 0.29) is 0 Å². The highest BCUT2D eigenvalue weighted by Crippen LogP contribution is 2.33. The Morgan fingerprint density at radius 1 is 1.08 bits per heavy atom. The Labute approximate surface area is 168 Å². The summed E-state index contributed by atoms with van der Waals surface area (Å²) in [6, 6.07) is 12.5. The van der Waals surface area contributed by atoms with E-state index in [4.69, 9.17) is 5.41 Å². The Bertz CT molecular complexity index is 1020. The van der Waals surface area contributed by atoms with Crippen molar-refractivity contribution < 1.29 is 9.68 Å². The third-order valence-corrected chi connectivity index (χ3v) is 5.58. The van der Waals surface area contributed by atoms with Gasteiger partial charge in [0.1, 0.15) is 6.10 Å². The lowest BCUT2D eigenvalue weighted by Crippen LogP contribution is -2.33. The van der Waals surface area contributed by atoms with E-state index >= 15 is 0 Å². The molecule has 132 valence electrons. The molecule has 4 rings (SSSR count). The van der Waals surface area contributed by atoms with Gasteiger partial charge in [0.05, 0.1) is 12.3 Å². The molecule has 0 amide bonds. The topological polar surface area (TPSA) is 52.0 Å². The maximum atomic E-state index is 10.7. The Kier molecular flexibility index (Phi) is 4.82. The molecule has 0 spiro atoms. The number of halogens is 2. The fraction of sp³-hybridized carbons (Fsp3) is 0.200. The monoisotopic (exact) mass is 474 g/mol. The summed E-state index contributed by atoms with van der Waals surface area (Å²) in [5.41, 5.74) is 2.78. The average Bonchev–Trinajstić information content (AvgIpc) is 2.87. The van der Waals surface area contributed by atoms with E-state index in [2.05, 4.69) is 60.7 Å². The second-order valence-electron chi connectivity index (χ2n) is 6.55. The number of aliphatic hydroxyl groups is 1. The first-order valence-corrected chi connectivity index (χ1v) is 9.98. The van der Waals surface area contributed by atoms with E-state index in [0.29, 0.717) is 25.3 Å². The summed E-state index contributed by atoms with van der Waals surface area (Å²) in [6.07, 6.45) is 5.04. The lowest BCUT2D eigenvalue weighted by atomic mass is 10.2. The van der Waals surface area contributed by atoms with Gasteiger partial charge in [-0.1, -0.05) is 31.9 Å². The molecule has 3 aromatic rings. The first-order chi connectivity index (χ1) is 12.5. The van der Waals surface area contributed by atoms with Crippen LogP contribution in [0.25, 0.3) is 21.8 Å². The second kappa shape index (κ2) is 7.10. The summed E-state index contributed by atoms with van der Waals surface area (Å²) in [6.45, 7) is 1.55. The maximum Gasteiger partial charge on any atom is 0.184 e. The van der Waals surface area contributed by atoms with Crippen molar-refractivity contribution in [2.75, 3.05) is 13.1 Å². The third kappa shape index (κ3) is 3.41. The van der Waals surface area contributed by atoms with Crippen LogP contribution in [0.4, 0.5) is 0 Å². The van der Waals surface area contributed by atoms with Crippen LogP contribution in [0.2, 0.25) is 0 Å². The zero-order valence-electron chi connectivity index (χ0n) is 14.0. The molecule has 1 aromatic heterocycles. The van der Waals surface area contributed by atoms with Crippen LogP contribution < -0.4 is 0 Å². The fourth-order valence-corrected chi connectivity index (χ4v) is 4.24. The largest absolute Gasteiger partial charge is 0.385 e. The van der Waals surface area contributed by atoms with Crippen LogP contribution in [0.3, 0.4) is 0 Å². The molecule has 1 aliphatic heterocycles. The molecule has 0 bridgehead atoms. The predicted octanol–water partition coefficient (Wildman–Crippen LogP) is 4.35. The molecular formula is C20H18Br2N3O+. The standard InChI is InChI=1S/C20H18Br2N3O/c21-13-3-5-19-17(8-13)18-9-14(22)4-6-20(18)25(19)12-16(26)11-24-7-1-2-15(23)10-24/h1-9,16,23,26H,10-12H2/q+1. The van der Waals surface area contributed by atoms with Gasteiger partial charge in [0.2, 0.25) is 0 Å². The van der Waals surface area contributed by atoms with Crippen LogP contribution in [0, 0.1) is 5.41 Å². The molecular weight excluding hydrogens is 458 g/mol. The van der Waals surface area contributed by atoms with Crippen molar-refractivity contribution in [2.24, 2.45) is 0 Å². The molecule has 0 fully saturated rings. The van der Waals surface area contributed by atoms with Crippen LogP contribution >= 0.6 is 31.9 Å². The van der Waals surface area contributed by atoms with Crippen molar-refractivity contribution in [3.63, 3.8) is 0 Å². The SMILES string of the molecule is N=C1C=CC=[N+](CC(O)Cn2c3ccc(Br)cc3c3cc(Br)ccc32)C1. The highest BCUT2D eigenvalue weighted by atomic mass is 79.9. The number of aromatic nitrogens is 1. The van der Waals surface area contributed by atoms with E-state index in [0.717, 1.165) is 30.8 Å². The molecule has 2 N–H and O–H groups in total. The molecule has 4 nitrogen and oxygen atoms in total. The molecule has 0 radical (unpaired) electrons. The van der Waals surface area contributed by atoms with Crippen molar-refractivity contribution in [2.45, 2.75) is 12.6 Å². The number of hydrogen-bond acceptors (Lipinski definition) is 2. The van der Waals surface area contributed by atoms with Crippen molar-refractivity contribution in [1.82, 2.24) is 4.57 Å². The van der Waals surface area contributed by atoms with E-state index in [1.807, 2.05) is 29.0 Å². The number of allylic oxidation sites excluding steroid dienone is 1. The molecule has 1 atom stereocenters. The fourth-order valence-electron chi connectivity index (χ4n) is 3.51. The molecule has 0 saturated carbocycles. The van der Waals surface area contributed by atoms with Gasteiger partial charge in [0, 0.05) is 36.8 Å². The molecule has 1 aliphatic rings. The molecule has 6 heteroatoms. The summed E-state index contributed by atoms with van der Waals surface area (Å²) < 4.78 is 6.24. The smallest absolute Gasteiger partial charge is 0.184 e. The van der Waals surface area contributed by atoms with Crippen LogP contribution in [0.5, 0.6) is 0 Å². The zero-order chi connectivity index (χ0) is 18.3. The average molecular weight is 476 g/mol. The highest BCUT2D eigenvalue weighted by molar-refractivity contribution is 9.10. The quantitative estimate of drug-likeness (QED) is 0.541. The van der Waals surface area contributed by atoms with Gasteiger partial charge in [-0.05, 0) is 42.5 Å². The molecule has 0 saturated heterocycles. The number of fused-ring (bicyclic) bond motifs is 3. The third-order valence-electron chi connectivity index (χ3n) is 4.60. The summed E-state index contributed by atoms with van der Waals surface area (Å²) >= 11 is 7.12. The minimum atomic E-state index is -0.531. The van der Waals surface area contributed by atoms with Crippen molar-refractivity contribution in [3.8, 4) is 0 Å². The summed E-state index contributed by atoms with van der Waals surface area (Å²) in [4.78, 5) is 0. The predicted molar refractivity (Wildman–Crippen MR) is 114 cm³/mol. The summed E-state index contributed by atoms with van der Waals surface area (Å²) in [7, 11) is 0. The van der Waals surface area contributed by atoms with Crippen molar-refractivity contribution in [1.29, 1.82) is 5.41 Å². The van der Waals surface area contributed by atoms with Crippen LogP contribution in [-0.2, 0) is 6.54 Å². The van der Waals surface area contributed by atoms with Crippen LogP contribution in [-0.4, -0.2) is 45.4 Å². The molecule has 0 aliphatic carbocycles. The van der Waals surface area contributed by atoms with Gasteiger partial charge >= 0.3 is 0 Å².